The Labute approximate surface area is 162 Å². The zero-order valence-electron chi connectivity index (χ0n) is 15.5. The zero-order valence-corrected chi connectivity index (χ0v) is 15.5. The molecule has 28 heavy (non-hydrogen) atoms. The van der Waals surface area contributed by atoms with Crippen molar-refractivity contribution in [3.05, 3.63) is 58.5 Å². The van der Waals surface area contributed by atoms with Crippen molar-refractivity contribution in [2.24, 2.45) is 0 Å². The Balaban J connectivity index is 1.57. The van der Waals surface area contributed by atoms with E-state index in [0.717, 1.165) is 6.42 Å². The van der Waals surface area contributed by atoms with Gasteiger partial charge in [0.25, 0.3) is 5.69 Å². The normalized spacial score (nSPS) is 16.7. The van der Waals surface area contributed by atoms with Gasteiger partial charge in [0.1, 0.15) is 5.76 Å². The van der Waals surface area contributed by atoms with Gasteiger partial charge in [0.05, 0.1) is 30.3 Å². The van der Waals surface area contributed by atoms with Gasteiger partial charge in [-0.05, 0) is 43.7 Å². The van der Waals surface area contributed by atoms with Gasteiger partial charge in [-0.2, -0.15) is 0 Å². The molecule has 1 aliphatic rings. The highest BCUT2D eigenvalue weighted by atomic mass is 16.6. The molecule has 0 spiro atoms. The van der Waals surface area contributed by atoms with Crippen molar-refractivity contribution in [1.29, 1.82) is 0 Å². The van der Waals surface area contributed by atoms with E-state index < -0.39 is 4.92 Å². The van der Waals surface area contributed by atoms with Crippen LogP contribution in [-0.2, 0) is 16.1 Å². The Hall–Kier alpha value is -3.20. The number of nitrogens with one attached hydrogen (secondary N) is 1. The van der Waals surface area contributed by atoms with Gasteiger partial charge in [0, 0.05) is 24.9 Å². The molecule has 0 aliphatic carbocycles. The van der Waals surface area contributed by atoms with Crippen LogP contribution >= 0.6 is 0 Å². The minimum atomic E-state index is -0.484. The second kappa shape index (κ2) is 8.66. The Morgan fingerprint density at radius 3 is 2.71 bits per heavy atom. The number of carbonyl (C=O) groups is 2. The second-order valence-electron chi connectivity index (χ2n) is 6.65. The first kappa shape index (κ1) is 19.6. The van der Waals surface area contributed by atoms with Crippen LogP contribution in [0, 0.1) is 10.1 Å². The summed E-state index contributed by atoms with van der Waals surface area (Å²) in [6.45, 7) is 1.08. The minimum absolute atomic E-state index is 0.0302. The summed E-state index contributed by atoms with van der Waals surface area (Å²) in [6.07, 6.45) is 3.09. The highest BCUT2D eigenvalue weighted by Gasteiger charge is 2.32. The fourth-order valence-corrected chi connectivity index (χ4v) is 3.24. The summed E-state index contributed by atoms with van der Waals surface area (Å²) >= 11 is 0. The van der Waals surface area contributed by atoms with Crippen molar-refractivity contribution < 1.29 is 18.9 Å². The third-order valence-electron chi connectivity index (χ3n) is 4.84. The molecule has 1 N–H and O–H groups in total. The summed E-state index contributed by atoms with van der Waals surface area (Å²) in [7, 11) is 1.62. The summed E-state index contributed by atoms with van der Waals surface area (Å²) in [6, 6.07) is 8.98. The quantitative estimate of drug-likeness (QED) is 0.575. The van der Waals surface area contributed by atoms with Crippen molar-refractivity contribution in [2.75, 3.05) is 25.0 Å². The molecule has 1 aromatic heterocycles. The van der Waals surface area contributed by atoms with Gasteiger partial charge < -0.3 is 14.6 Å². The van der Waals surface area contributed by atoms with Crippen molar-refractivity contribution >= 4 is 23.2 Å². The lowest BCUT2D eigenvalue weighted by Crippen LogP contribution is -2.47. The van der Waals surface area contributed by atoms with E-state index in [1.165, 1.54) is 29.2 Å². The molecular formula is C19H22N4O5. The molecule has 1 aliphatic heterocycles. The first-order valence-corrected chi connectivity index (χ1v) is 9.01. The summed E-state index contributed by atoms with van der Waals surface area (Å²) in [5, 5.41) is 13.6. The number of nitrogens with zero attached hydrogens (tertiary/aromatic N) is 3. The average Bonchev–Trinajstić information content (AvgIpc) is 3.37. The molecule has 2 amide bonds. The molecule has 0 saturated carbocycles. The van der Waals surface area contributed by atoms with Crippen LogP contribution in [0.3, 0.4) is 0 Å². The number of amides is 2. The van der Waals surface area contributed by atoms with E-state index in [4.69, 9.17) is 4.42 Å². The molecule has 2 aromatic rings. The lowest BCUT2D eigenvalue weighted by Gasteiger charge is -2.26. The molecule has 0 radical (unpaired) electrons. The number of anilines is 1. The molecule has 9 nitrogen and oxygen atoms in total. The van der Waals surface area contributed by atoms with E-state index >= 15 is 0 Å². The number of furan rings is 1. The highest BCUT2D eigenvalue weighted by Crippen LogP contribution is 2.21. The maximum Gasteiger partial charge on any atom is 0.269 e. The smallest absolute Gasteiger partial charge is 0.269 e. The highest BCUT2D eigenvalue weighted by molar-refractivity contribution is 5.95. The number of likely N-dealkylation sites (N-methyl/N-ethyl adjacent to an activating group) is 1. The second-order valence-corrected chi connectivity index (χ2v) is 6.65. The van der Waals surface area contributed by atoms with Gasteiger partial charge in [-0.1, -0.05) is 0 Å². The first-order chi connectivity index (χ1) is 13.5. The Kier molecular flexibility index (Phi) is 6.05. The number of nitro groups is 1. The summed E-state index contributed by atoms with van der Waals surface area (Å²) in [5.74, 6) is 0.367. The van der Waals surface area contributed by atoms with Crippen molar-refractivity contribution in [3.63, 3.8) is 0 Å². The average molecular weight is 386 g/mol. The third kappa shape index (κ3) is 4.55. The van der Waals surface area contributed by atoms with Crippen LogP contribution in [0.25, 0.3) is 0 Å². The summed E-state index contributed by atoms with van der Waals surface area (Å²) in [5.41, 5.74) is 0.533. The molecule has 1 aromatic carbocycles. The van der Waals surface area contributed by atoms with Gasteiger partial charge in [0.15, 0.2) is 0 Å². The number of nitro benzene ring substituents is 1. The molecule has 3 rings (SSSR count). The van der Waals surface area contributed by atoms with E-state index in [2.05, 4.69) is 5.32 Å². The van der Waals surface area contributed by atoms with Crippen LogP contribution < -0.4 is 10.2 Å². The Bertz CT molecular complexity index is 835. The Morgan fingerprint density at radius 2 is 2.07 bits per heavy atom. The van der Waals surface area contributed by atoms with E-state index in [0.29, 0.717) is 31.0 Å². The maximum absolute atomic E-state index is 12.6. The number of non-ortho nitro benzene ring substituents is 1. The van der Waals surface area contributed by atoms with Crippen molar-refractivity contribution in [1.82, 2.24) is 10.2 Å². The van der Waals surface area contributed by atoms with Gasteiger partial charge in [0.2, 0.25) is 11.8 Å². The van der Waals surface area contributed by atoms with Crippen LogP contribution in [0.2, 0.25) is 0 Å². The number of hydrogen-bond acceptors (Lipinski definition) is 6. The largest absolute Gasteiger partial charge is 0.467 e. The molecule has 2 heterocycles. The first-order valence-electron chi connectivity index (χ1n) is 9.01. The molecule has 1 atom stereocenters. The topological polar surface area (TPSA) is 109 Å². The summed E-state index contributed by atoms with van der Waals surface area (Å²) in [4.78, 5) is 38.7. The number of likely N-dealkylation sites (tertiary alicyclic amines) is 1. The van der Waals surface area contributed by atoms with Crippen molar-refractivity contribution in [2.45, 2.75) is 25.4 Å². The number of benzene rings is 1. The van der Waals surface area contributed by atoms with E-state index in [9.17, 15) is 19.7 Å². The zero-order chi connectivity index (χ0) is 20.1. The molecule has 0 bridgehead atoms. The molecule has 9 heteroatoms. The van der Waals surface area contributed by atoms with Gasteiger partial charge in [-0.25, -0.2) is 0 Å². The standard InChI is InChI=1S/C19H22N4O5/c1-21(14-6-8-15(9-7-14)23(26)27)18(24)13-22-10-2-5-17(22)19(25)20-12-16-4-3-11-28-16/h3-4,6-9,11,17H,2,5,10,12-13H2,1H3,(H,20,25)/t17-/m0/s1. The lowest BCUT2D eigenvalue weighted by molar-refractivity contribution is -0.384. The van der Waals surface area contributed by atoms with Gasteiger partial charge in [-0.3, -0.25) is 24.6 Å². The van der Waals surface area contributed by atoms with E-state index in [1.54, 1.807) is 25.4 Å². The van der Waals surface area contributed by atoms with Crippen LogP contribution in [0.4, 0.5) is 11.4 Å². The van der Waals surface area contributed by atoms with E-state index in [-0.39, 0.29) is 30.1 Å². The fraction of sp³-hybridized carbons (Fsp3) is 0.368. The lowest BCUT2D eigenvalue weighted by atomic mass is 10.2. The van der Waals surface area contributed by atoms with Gasteiger partial charge in [-0.15, -0.1) is 0 Å². The summed E-state index contributed by atoms with van der Waals surface area (Å²) < 4.78 is 5.21. The minimum Gasteiger partial charge on any atom is -0.467 e. The third-order valence-corrected chi connectivity index (χ3v) is 4.84. The van der Waals surface area contributed by atoms with Gasteiger partial charge >= 0.3 is 0 Å². The molecule has 1 fully saturated rings. The maximum atomic E-state index is 12.6. The number of hydrogen-bond donors (Lipinski definition) is 1. The fourth-order valence-electron chi connectivity index (χ4n) is 3.24. The van der Waals surface area contributed by atoms with Crippen LogP contribution in [0.15, 0.2) is 47.1 Å². The molecule has 0 unspecified atom stereocenters. The Morgan fingerprint density at radius 1 is 1.32 bits per heavy atom. The molecule has 1 saturated heterocycles. The predicted octanol–water partition coefficient (Wildman–Crippen LogP) is 1.93. The van der Waals surface area contributed by atoms with Crippen molar-refractivity contribution in [3.8, 4) is 0 Å². The van der Waals surface area contributed by atoms with Crippen LogP contribution in [0.5, 0.6) is 0 Å². The predicted molar refractivity (Wildman–Crippen MR) is 102 cm³/mol. The van der Waals surface area contributed by atoms with E-state index in [1.807, 2.05) is 4.90 Å². The monoisotopic (exact) mass is 386 g/mol. The number of rotatable bonds is 7. The molecular weight excluding hydrogens is 364 g/mol. The number of carbonyl (C=O) groups excluding carboxylic acids is 2. The molecule has 148 valence electrons. The SMILES string of the molecule is CN(C(=O)CN1CCC[C@H]1C(=O)NCc1ccco1)c1ccc([N+](=O)[O-])cc1. The van der Waals surface area contributed by atoms with Crippen LogP contribution in [0.1, 0.15) is 18.6 Å². The van der Waals surface area contributed by atoms with Crippen LogP contribution in [-0.4, -0.2) is 47.8 Å².